The molecule has 8 heteroatoms. The number of para-hydroxylation sites is 1. The lowest BCUT2D eigenvalue weighted by molar-refractivity contribution is -0.137. The number of halogens is 3. The van der Waals surface area contributed by atoms with Crippen LogP contribution in [0.3, 0.4) is 0 Å². The van der Waals surface area contributed by atoms with E-state index in [0.717, 1.165) is 42.4 Å². The van der Waals surface area contributed by atoms with Crippen LogP contribution in [-0.4, -0.2) is 48.5 Å². The Balaban J connectivity index is 1.16. The highest BCUT2D eigenvalue weighted by atomic mass is 19.4. The van der Waals surface area contributed by atoms with Crippen LogP contribution in [0.25, 0.3) is 11.3 Å². The second-order valence-corrected chi connectivity index (χ2v) is 8.64. The van der Waals surface area contributed by atoms with E-state index in [0.29, 0.717) is 32.6 Å². The second kappa shape index (κ2) is 11.4. The summed E-state index contributed by atoms with van der Waals surface area (Å²) in [7, 11) is 0. The molecule has 1 fully saturated rings. The molecule has 5 nitrogen and oxygen atoms in total. The molecule has 0 unspecified atom stereocenters. The van der Waals surface area contributed by atoms with Crippen molar-refractivity contribution in [3.8, 4) is 11.3 Å². The Labute approximate surface area is 203 Å². The van der Waals surface area contributed by atoms with Crippen molar-refractivity contribution in [2.45, 2.75) is 25.4 Å². The third-order valence-corrected chi connectivity index (χ3v) is 6.18. The zero-order chi connectivity index (χ0) is 24.7. The van der Waals surface area contributed by atoms with Crippen LogP contribution < -0.4 is 10.2 Å². The maximum atomic E-state index is 13.3. The second-order valence-electron chi connectivity index (χ2n) is 8.64. The third-order valence-electron chi connectivity index (χ3n) is 6.18. The van der Waals surface area contributed by atoms with Crippen molar-refractivity contribution < 1.29 is 18.0 Å². The van der Waals surface area contributed by atoms with Crippen molar-refractivity contribution in [1.82, 2.24) is 9.88 Å². The number of pyridine rings is 1. The molecule has 0 saturated carbocycles. The molecule has 4 rings (SSSR count). The van der Waals surface area contributed by atoms with Gasteiger partial charge in [0.15, 0.2) is 0 Å². The standard InChI is InChI=1S/C27H29F3N4O/c28-27(29,30)23-7-1-2-9-25(23)34-19-17-33(18-20-34)16-6-4-10-26(35)32-22-13-11-21(12-14-22)24-8-3-5-15-31-24/h1-3,5,7-9,11-15H,4,6,10,16-20H2,(H,32,35). The van der Waals surface area contributed by atoms with Gasteiger partial charge in [-0.3, -0.25) is 14.7 Å². The van der Waals surface area contributed by atoms with E-state index in [-0.39, 0.29) is 11.6 Å². The van der Waals surface area contributed by atoms with Gasteiger partial charge in [-0.05, 0) is 55.8 Å². The van der Waals surface area contributed by atoms with Crippen LogP contribution in [0.4, 0.5) is 24.5 Å². The van der Waals surface area contributed by atoms with Crippen molar-refractivity contribution in [2.24, 2.45) is 0 Å². The molecule has 1 aliphatic heterocycles. The fraction of sp³-hybridized carbons (Fsp3) is 0.333. The van der Waals surface area contributed by atoms with Gasteiger partial charge in [-0.2, -0.15) is 13.2 Å². The van der Waals surface area contributed by atoms with E-state index in [4.69, 9.17) is 0 Å². The molecule has 0 atom stereocenters. The number of carbonyl (C=O) groups is 1. The van der Waals surface area contributed by atoms with Crippen molar-refractivity contribution in [3.05, 3.63) is 78.5 Å². The summed E-state index contributed by atoms with van der Waals surface area (Å²) in [6, 6.07) is 19.1. The van der Waals surface area contributed by atoms with E-state index in [2.05, 4.69) is 15.2 Å². The third kappa shape index (κ3) is 6.82. The number of alkyl halides is 3. The first-order valence-electron chi connectivity index (χ1n) is 11.8. The molecule has 1 aliphatic rings. The molecule has 35 heavy (non-hydrogen) atoms. The molecule has 0 spiro atoms. The topological polar surface area (TPSA) is 48.5 Å². The zero-order valence-corrected chi connectivity index (χ0v) is 19.5. The molecule has 2 aromatic carbocycles. The van der Waals surface area contributed by atoms with Gasteiger partial charge in [-0.15, -0.1) is 0 Å². The molecular formula is C27H29F3N4O. The van der Waals surface area contributed by atoms with Crippen LogP contribution in [0.5, 0.6) is 0 Å². The Hall–Kier alpha value is -3.39. The Kier molecular flexibility index (Phi) is 8.02. The highest BCUT2D eigenvalue weighted by Gasteiger charge is 2.35. The number of piperazine rings is 1. The van der Waals surface area contributed by atoms with Gasteiger partial charge in [0.2, 0.25) is 5.91 Å². The van der Waals surface area contributed by atoms with Crippen LogP contribution >= 0.6 is 0 Å². The molecule has 0 bridgehead atoms. The average molecular weight is 483 g/mol. The van der Waals surface area contributed by atoms with E-state index in [1.165, 1.54) is 6.07 Å². The number of aromatic nitrogens is 1. The molecular weight excluding hydrogens is 453 g/mol. The number of hydrogen-bond donors (Lipinski definition) is 1. The van der Waals surface area contributed by atoms with Gasteiger partial charge in [0.05, 0.1) is 11.3 Å². The largest absolute Gasteiger partial charge is 0.418 e. The summed E-state index contributed by atoms with van der Waals surface area (Å²) in [4.78, 5) is 20.7. The molecule has 0 aliphatic carbocycles. The summed E-state index contributed by atoms with van der Waals surface area (Å²) >= 11 is 0. The summed E-state index contributed by atoms with van der Waals surface area (Å²) in [6.07, 6.45) is -0.547. The van der Waals surface area contributed by atoms with Crippen molar-refractivity contribution in [3.63, 3.8) is 0 Å². The van der Waals surface area contributed by atoms with Gasteiger partial charge in [0.1, 0.15) is 0 Å². The fourth-order valence-electron chi connectivity index (χ4n) is 4.30. The SMILES string of the molecule is O=C(CCCCN1CCN(c2ccccc2C(F)(F)F)CC1)Nc1ccc(-c2ccccn2)cc1. The summed E-state index contributed by atoms with van der Waals surface area (Å²) in [5.74, 6) is -0.0239. The lowest BCUT2D eigenvalue weighted by Crippen LogP contribution is -2.47. The van der Waals surface area contributed by atoms with Crippen LogP contribution in [0.2, 0.25) is 0 Å². The monoisotopic (exact) mass is 482 g/mol. The predicted molar refractivity (Wildman–Crippen MR) is 132 cm³/mol. The van der Waals surface area contributed by atoms with Gasteiger partial charge in [-0.1, -0.05) is 30.3 Å². The smallest absolute Gasteiger partial charge is 0.368 e. The Bertz CT molecular complexity index is 1100. The maximum Gasteiger partial charge on any atom is 0.418 e. The maximum absolute atomic E-state index is 13.3. The number of benzene rings is 2. The Morgan fingerprint density at radius 3 is 2.29 bits per heavy atom. The molecule has 3 aromatic rings. The molecule has 1 amide bonds. The van der Waals surface area contributed by atoms with E-state index in [1.54, 1.807) is 18.3 Å². The molecule has 1 N–H and O–H groups in total. The van der Waals surface area contributed by atoms with Gasteiger partial charge in [0.25, 0.3) is 0 Å². The van der Waals surface area contributed by atoms with Gasteiger partial charge < -0.3 is 10.2 Å². The average Bonchev–Trinajstić information content (AvgIpc) is 2.87. The number of amides is 1. The first kappa shape index (κ1) is 24.7. The van der Waals surface area contributed by atoms with Gasteiger partial charge in [-0.25, -0.2) is 0 Å². The van der Waals surface area contributed by atoms with Gasteiger partial charge >= 0.3 is 6.18 Å². The first-order valence-corrected chi connectivity index (χ1v) is 11.8. The van der Waals surface area contributed by atoms with Crippen LogP contribution in [0, 0.1) is 0 Å². The Morgan fingerprint density at radius 2 is 1.60 bits per heavy atom. The van der Waals surface area contributed by atoms with E-state index in [1.807, 2.05) is 47.4 Å². The molecule has 1 aromatic heterocycles. The number of carbonyl (C=O) groups excluding carboxylic acids is 1. The van der Waals surface area contributed by atoms with Crippen LogP contribution in [0.1, 0.15) is 24.8 Å². The Morgan fingerprint density at radius 1 is 0.886 bits per heavy atom. The molecule has 0 radical (unpaired) electrons. The van der Waals surface area contributed by atoms with Crippen molar-refractivity contribution in [2.75, 3.05) is 42.9 Å². The summed E-state index contributed by atoms with van der Waals surface area (Å²) < 4.78 is 39.9. The molecule has 184 valence electrons. The number of nitrogens with zero attached hydrogens (tertiary/aromatic N) is 3. The number of unbranched alkanes of at least 4 members (excludes halogenated alkanes) is 1. The van der Waals surface area contributed by atoms with E-state index >= 15 is 0 Å². The minimum atomic E-state index is -4.35. The van der Waals surface area contributed by atoms with Gasteiger partial charge in [0, 0.05) is 55.7 Å². The summed E-state index contributed by atoms with van der Waals surface area (Å²) in [5, 5.41) is 2.93. The predicted octanol–water partition coefficient (Wildman–Crippen LogP) is 5.70. The van der Waals surface area contributed by atoms with E-state index < -0.39 is 11.7 Å². The number of anilines is 2. The molecule has 2 heterocycles. The number of rotatable bonds is 8. The summed E-state index contributed by atoms with van der Waals surface area (Å²) in [6.45, 7) is 3.37. The lowest BCUT2D eigenvalue weighted by Gasteiger charge is -2.37. The highest BCUT2D eigenvalue weighted by molar-refractivity contribution is 5.90. The van der Waals surface area contributed by atoms with Crippen molar-refractivity contribution >= 4 is 17.3 Å². The first-order chi connectivity index (χ1) is 16.9. The van der Waals surface area contributed by atoms with Crippen molar-refractivity contribution in [1.29, 1.82) is 0 Å². The normalized spacial score (nSPS) is 14.7. The minimum Gasteiger partial charge on any atom is -0.368 e. The van der Waals surface area contributed by atoms with Crippen LogP contribution in [-0.2, 0) is 11.0 Å². The van der Waals surface area contributed by atoms with E-state index in [9.17, 15) is 18.0 Å². The lowest BCUT2D eigenvalue weighted by atomic mass is 10.1. The fourth-order valence-corrected chi connectivity index (χ4v) is 4.30. The van der Waals surface area contributed by atoms with Crippen LogP contribution in [0.15, 0.2) is 72.9 Å². The number of nitrogens with one attached hydrogen (secondary N) is 1. The quantitative estimate of drug-likeness (QED) is 0.419. The zero-order valence-electron chi connectivity index (χ0n) is 19.5. The molecule has 1 saturated heterocycles. The number of hydrogen-bond acceptors (Lipinski definition) is 4. The highest BCUT2D eigenvalue weighted by Crippen LogP contribution is 2.36. The minimum absolute atomic E-state index is 0.0239. The summed E-state index contributed by atoms with van der Waals surface area (Å²) in [5.41, 5.74) is 2.31.